The third-order valence-electron chi connectivity index (χ3n) is 10.4. The number of likely N-dealkylation sites (tertiary alicyclic amines) is 1. The van der Waals surface area contributed by atoms with Gasteiger partial charge < -0.3 is 36.6 Å². The average Bonchev–Trinajstić information content (AvgIpc) is 3.74. The fourth-order valence-corrected chi connectivity index (χ4v) is 7.47. The molecule has 2 saturated carbocycles. The average molecular weight is 683 g/mol. The van der Waals surface area contributed by atoms with Gasteiger partial charge in [-0.15, -0.1) is 0 Å². The number of nitrogens with two attached hydrogens (primary N) is 1. The Balaban J connectivity index is 1.49. The van der Waals surface area contributed by atoms with Crippen LogP contribution in [0.4, 0.5) is 4.79 Å². The predicted molar refractivity (Wildman–Crippen MR) is 187 cm³/mol. The summed E-state index contributed by atoms with van der Waals surface area (Å²) in [6, 6.07) is 4.75. The van der Waals surface area contributed by atoms with Crippen molar-refractivity contribution in [3.8, 4) is 5.75 Å². The summed E-state index contributed by atoms with van der Waals surface area (Å²) >= 11 is 0. The Bertz CT molecular complexity index is 1350. The Kier molecular flexibility index (Phi) is 12.6. The van der Waals surface area contributed by atoms with E-state index < -0.39 is 35.0 Å². The van der Waals surface area contributed by atoms with Gasteiger partial charge >= 0.3 is 6.03 Å². The highest BCUT2D eigenvalue weighted by Gasteiger charge is 2.48. The number of rotatable bonds is 14. The van der Waals surface area contributed by atoms with E-state index in [1.165, 1.54) is 0 Å². The summed E-state index contributed by atoms with van der Waals surface area (Å²) in [7, 11) is 1.59. The zero-order valence-corrected chi connectivity index (χ0v) is 30.2. The SMILES string of the molecule is COc1cccc(CNC(=O)C2(NC(=O)N[C@H](C(=O)N3CC[C@H](C(C)C)[C@H]3C(=O)NC(CC(N)=O)CC3CC3)C(C)(C)C)CCCCC2)c1. The molecule has 1 aromatic carbocycles. The van der Waals surface area contributed by atoms with Crippen LogP contribution in [0.1, 0.15) is 104 Å². The molecule has 272 valence electrons. The van der Waals surface area contributed by atoms with Crippen LogP contribution in [0.25, 0.3) is 0 Å². The van der Waals surface area contributed by atoms with Crippen molar-refractivity contribution < 1.29 is 28.7 Å². The van der Waals surface area contributed by atoms with Crippen LogP contribution in [0.5, 0.6) is 5.75 Å². The van der Waals surface area contributed by atoms with Gasteiger partial charge in [-0.2, -0.15) is 0 Å². The normalized spacial score (nSPS) is 21.7. The van der Waals surface area contributed by atoms with Crippen LogP contribution in [0.15, 0.2) is 24.3 Å². The summed E-state index contributed by atoms with van der Waals surface area (Å²) in [5, 5.41) is 12.0. The zero-order chi connectivity index (χ0) is 35.9. The standard InChI is InChI=1S/C37H58N6O6/c1-23(2)28-15-18-43(30(28)32(45)40-26(21-29(38)44)19-24-13-14-24)33(46)31(36(3,4)5)41-35(48)42-37(16-8-7-9-17-37)34(47)39-22-25-11-10-12-27(20-25)49-6/h10-12,20,23-24,26,28,30-31H,7-9,13-19,21-22H2,1-6H3,(H2,38,44)(H,39,47)(H,40,45)(H2,41,42,48)/t26?,28-,30+,31-/m1/s1. The highest BCUT2D eigenvalue weighted by molar-refractivity contribution is 5.95. The second-order valence-corrected chi connectivity index (χ2v) is 15.8. The molecule has 0 spiro atoms. The molecular weight excluding hydrogens is 624 g/mol. The Hall–Kier alpha value is -3.83. The number of urea groups is 1. The summed E-state index contributed by atoms with van der Waals surface area (Å²) in [4.78, 5) is 69.3. The van der Waals surface area contributed by atoms with Gasteiger partial charge in [-0.05, 0) is 66.5 Å². The van der Waals surface area contributed by atoms with Gasteiger partial charge in [-0.25, -0.2) is 4.79 Å². The summed E-state index contributed by atoms with van der Waals surface area (Å²) in [5.41, 5.74) is 4.57. The first kappa shape index (κ1) is 38.0. The maximum absolute atomic E-state index is 14.4. The largest absolute Gasteiger partial charge is 0.497 e. The number of benzene rings is 1. The van der Waals surface area contributed by atoms with Gasteiger partial charge in [0.15, 0.2) is 0 Å². The van der Waals surface area contributed by atoms with Gasteiger partial charge in [0.25, 0.3) is 0 Å². The second kappa shape index (κ2) is 16.3. The van der Waals surface area contributed by atoms with E-state index >= 15 is 0 Å². The molecule has 6 N–H and O–H groups in total. The van der Waals surface area contributed by atoms with Gasteiger partial charge in [0, 0.05) is 25.6 Å². The molecule has 12 nitrogen and oxygen atoms in total. The summed E-state index contributed by atoms with van der Waals surface area (Å²) < 4.78 is 5.31. The number of carbonyl (C=O) groups is 5. The monoisotopic (exact) mass is 682 g/mol. The highest BCUT2D eigenvalue weighted by atomic mass is 16.5. The van der Waals surface area contributed by atoms with Crippen molar-refractivity contribution in [3.05, 3.63) is 29.8 Å². The van der Waals surface area contributed by atoms with Crippen LogP contribution in [0.3, 0.4) is 0 Å². The fraction of sp³-hybridized carbons (Fsp3) is 0.703. The van der Waals surface area contributed by atoms with E-state index in [2.05, 4.69) is 21.3 Å². The third kappa shape index (κ3) is 10.1. The molecule has 12 heteroatoms. The first-order chi connectivity index (χ1) is 23.1. The van der Waals surface area contributed by atoms with Crippen molar-refractivity contribution in [2.24, 2.45) is 28.9 Å². The molecule has 0 bridgehead atoms. The molecule has 2 aliphatic carbocycles. The lowest BCUT2D eigenvalue weighted by Crippen LogP contribution is -2.65. The van der Waals surface area contributed by atoms with Crippen LogP contribution in [0, 0.1) is 23.2 Å². The van der Waals surface area contributed by atoms with Crippen LogP contribution in [0.2, 0.25) is 0 Å². The van der Waals surface area contributed by atoms with Crippen molar-refractivity contribution in [1.82, 2.24) is 26.2 Å². The number of carbonyl (C=O) groups excluding carboxylic acids is 5. The third-order valence-corrected chi connectivity index (χ3v) is 10.4. The lowest BCUT2D eigenvalue weighted by atomic mass is 9.80. The van der Waals surface area contributed by atoms with Crippen molar-refractivity contribution in [3.63, 3.8) is 0 Å². The number of hydrogen-bond donors (Lipinski definition) is 5. The van der Waals surface area contributed by atoms with Gasteiger partial charge in [-0.3, -0.25) is 19.2 Å². The molecule has 0 radical (unpaired) electrons. The van der Waals surface area contributed by atoms with Crippen molar-refractivity contribution in [2.45, 2.75) is 129 Å². The van der Waals surface area contributed by atoms with E-state index in [4.69, 9.17) is 10.5 Å². The van der Waals surface area contributed by atoms with Crippen LogP contribution in [-0.4, -0.2) is 71.9 Å². The van der Waals surface area contributed by atoms with Gasteiger partial charge in [-0.1, -0.05) is 78.9 Å². The number of nitrogens with one attached hydrogen (secondary N) is 4. The van der Waals surface area contributed by atoms with Crippen LogP contribution in [-0.2, 0) is 25.7 Å². The van der Waals surface area contributed by atoms with E-state index in [1.54, 1.807) is 12.0 Å². The van der Waals surface area contributed by atoms with E-state index in [-0.39, 0.29) is 48.6 Å². The van der Waals surface area contributed by atoms with Crippen molar-refractivity contribution in [2.75, 3.05) is 13.7 Å². The molecule has 0 aromatic heterocycles. The summed E-state index contributed by atoms with van der Waals surface area (Å²) in [6.07, 6.45) is 7.02. The molecule has 6 amide bonds. The molecule has 4 rings (SSSR count). The smallest absolute Gasteiger partial charge is 0.316 e. The van der Waals surface area contributed by atoms with E-state index in [0.29, 0.717) is 43.9 Å². The van der Waals surface area contributed by atoms with Crippen molar-refractivity contribution in [1.29, 1.82) is 0 Å². The number of hydrogen-bond acceptors (Lipinski definition) is 6. The van der Waals surface area contributed by atoms with Crippen molar-refractivity contribution >= 4 is 29.7 Å². The minimum atomic E-state index is -1.12. The molecule has 3 fully saturated rings. The highest BCUT2D eigenvalue weighted by Crippen LogP contribution is 2.36. The molecule has 1 unspecified atom stereocenters. The quantitative estimate of drug-likeness (QED) is 0.200. The summed E-state index contributed by atoms with van der Waals surface area (Å²) in [6.45, 7) is 10.3. The number of nitrogens with zero attached hydrogens (tertiary/aromatic N) is 1. The lowest BCUT2D eigenvalue weighted by molar-refractivity contribution is -0.143. The molecular formula is C37H58N6O6. The Morgan fingerprint density at radius 3 is 2.31 bits per heavy atom. The number of amides is 6. The maximum atomic E-state index is 14.4. The first-order valence-electron chi connectivity index (χ1n) is 18.0. The zero-order valence-electron chi connectivity index (χ0n) is 30.2. The molecule has 1 saturated heterocycles. The Morgan fingerprint density at radius 2 is 1.71 bits per heavy atom. The lowest BCUT2D eigenvalue weighted by Gasteiger charge is -2.39. The van der Waals surface area contributed by atoms with Gasteiger partial charge in [0.2, 0.25) is 23.6 Å². The van der Waals surface area contributed by atoms with E-state index in [0.717, 1.165) is 37.7 Å². The Morgan fingerprint density at radius 1 is 1.02 bits per heavy atom. The Labute approximate surface area is 291 Å². The maximum Gasteiger partial charge on any atom is 0.316 e. The molecule has 49 heavy (non-hydrogen) atoms. The molecule has 1 aromatic rings. The minimum Gasteiger partial charge on any atom is -0.497 e. The van der Waals surface area contributed by atoms with Crippen LogP contribution < -0.4 is 31.7 Å². The van der Waals surface area contributed by atoms with E-state index in [1.807, 2.05) is 58.9 Å². The first-order valence-corrected chi connectivity index (χ1v) is 18.0. The minimum absolute atomic E-state index is 0.0520. The molecule has 4 atom stereocenters. The van der Waals surface area contributed by atoms with E-state index in [9.17, 15) is 24.0 Å². The topological polar surface area (TPSA) is 172 Å². The molecule has 3 aliphatic rings. The summed E-state index contributed by atoms with van der Waals surface area (Å²) in [5.74, 6) is -0.186. The molecule has 1 aliphatic heterocycles. The predicted octanol–water partition coefficient (Wildman–Crippen LogP) is 3.76. The number of primary amides is 1. The van der Waals surface area contributed by atoms with Gasteiger partial charge in [0.1, 0.15) is 23.4 Å². The fourth-order valence-electron chi connectivity index (χ4n) is 7.47. The number of methoxy groups -OCH3 is 1. The van der Waals surface area contributed by atoms with Crippen LogP contribution >= 0.6 is 0 Å². The second-order valence-electron chi connectivity index (χ2n) is 15.8. The van der Waals surface area contributed by atoms with Gasteiger partial charge in [0.05, 0.1) is 7.11 Å². The molecule has 1 heterocycles. The number of ether oxygens (including phenoxy) is 1.